The Bertz CT molecular complexity index is 1280. The lowest BCUT2D eigenvalue weighted by molar-refractivity contribution is 0.00655. The quantitative estimate of drug-likeness (QED) is 0.587. The van der Waals surface area contributed by atoms with Crippen LogP contribution in [0.25, 0.3) is 11.8 Å². The van der Waals surface area contributed by atoms with Crippen molar-refractivity contribution in [2.45, 2.75) is 44.6 Å². The van der Waals surface area contributed by atoms with E-state index < -0.39 is 5.60 Å². The molecule has 0 spiro atoms. The summed E-state index contributed by atoms with van der Waals surface area (Å²) in [5, 5.41) is 16.5. The molecule has 1 heterocycles. The Morgan fingerprint density at radius 3 is 2.78 bits per heavy atom. The summed E-state index contributed by atoms with van der Waals surface area (Å²) in [4.78, 5) is 12.0. The number of carbonyl (C=O) groups excluding carboxylic acids is 1. The van der Waals surface area contributed by atoms with Crippen molar-refractivity contribution >= 4 is 11.9 Å². The molecule has 3 aromatic rings. The highest BCUT2D eigenvalue weighted by Crippen LogP contribution is 2.73. The minimum Gasteiger partial charge on any atom is -0.385 e. The number of hydrogen-bond acceptors (Lipinski definition) is 3. The molecular formula is C27H25FN2O2. The van der Waals surface area contributed by atoms with Gasteiger partial charge in [-0.1, -0.05) is 24.3 Å². The van der Waals surface area contributed by atoms with E-state index in [4.69, 9.17) is 0 Å². The lowest BCUT2D eigenvalue weighted by atomic mass is 9.72. The van der Waals surface area contributed by atoms with E-state index in [1.165, 1.54) is 12.1 Å². The Balaban J connectivity index is 1.30. The second-order valence-electron chi connectivity index (χ2n) is 9.62. The van der Waals surface area contributed by atoms with E-state index in [2.05, 4.69) is 11.2 Å². The van der Waals surface area contributed by atoms with Gasteiger partial charge in [0.1, 0.15) is 5.82 Å². The normalized spacial score (nSPS) is 27.3. The maximum Gasteiger partial charge on any atom is 0.160 e. The minimum atomic E-state index is -0.855. The lowest BCUT2D eigenvalue weighted by Gasteiger charge is -2.38. The largest absolute Gasteiger partial charge is 0.385 e. The predicted molar refractivity (Wildman–Crippen MR) is 120 cm³/mol. The summed E-state index contributed by atoms with van der Waals surface area (Å²) in [5.41, 5.74) is 4.78. The summed E-state index contributed by atoms with van der Waals surface area (Å²) in [5.74, 6) is 0.304. The van der Waals surface area contributed by atoms with Crippen LogP contribution in [0, 0.1) is 17.2 Å². The van der Waals surface area contributed by atoms with E-state index in [0.717, 1.165) is 59.3 Å². The molecule has 32 heavy (non-hydrogen) atoms. The fourth-order valence-electron chi connectivity index (χ4n) is 6.24. The van der Waals surface area contributed by atoms with Gasteiger partial charge in [-0.05, 0) is 80.0 Å². The summed E-state index contributed by atoms with van der Waals surface area (Å²) in [6, 6.07) is 14.1. The number of benzene rings is 2. The summed E-state index contributed by atoms with van der Waals surface area (Å²) in [6.07, 6.45) is 8.09. The molecule has 3 unspecified atom stereocenters. The molecular weight excluding hydrogens is 403 g/mol. The molecule has 0 amide bonds. The number of nitrogens with zero attached hydrogens (tertiary/aromatic N) is 2. The average molecular weight is 429 g/mol. The van der Waals surface area contributed by atoms with Gasteiger partial charge in [-0.2, -0.15) is 5.10 Å². The number of aryl methyl sites for hydroxylation is 1. The van der Waals surface area contributed by atoms with Gasteiger partial charge in [0.2, 0.25) is 0 Å². The van der Waals surface area contributed by atoms with Crippen LogP contribution in [-0.4, -0.2) is 26.3 Å². The van der Waals surface area contributed by atoms with Crippen molar-refractivity contribution in [2.75, 3.05) is 0 Å². The second-order valence-corrected chi connectivity index (χ2v) is 9.62. The van der Waals surface area contributed by atoms with Crippen LogP contribution in [0.5, 0.6) is 0 Å². The van der Waals surface area contributed by atoms with Crippen LogP contribution in [0.1, 0.15) is 53.4 Å². The maximum absolute atomic E-state index is 13.4. The zero-order valence-corrected chi connectivity index (χ0v) is 18.0. The summed E-state index contributed by atoms with van der Waals surface area (Å²) < 4.78 is 15.2. The SMILES string of the molecule is CC(=O)c1ccccc1CCC12CC1CC1=Cc3c(cnn3-c3ccc(F)cc3)CC12O. The van der Waals surface area contributed by atoms with Crippen LogP contribution < -0.4 is 0 Å². The molecule has 2 fully saturated rings. The zero-order valence-electron chi connectivity index (χ0n) is 18.0. The second kappa shape index (κ2) is 6.72. The van der Waals surface area contributed by atoms with Crippen LogP contribution in [0.4, 0.5) is 4.39 Å². The van der Waals surface area contributed by atoms with Gasteiger partial charge < -0.3 is 5.11 Å². The Morgan fingerprint density at radius 2 is 2.00 bits per heavy atom. The van der Waals surface area contributed by atoms with Crippen LogP contribution in [-0.2, 0) is 12.8 Å². The highest BCUT2D eigenvalue weighted by atomic mass is 19.1. The maximum atomic E-state index is 13.4. The first-order valence-corrected chi connectivity index (χ1v) is 11.3. The molecule has 3 aliphatic rings. The molecule has 3 aliphatic carbocycles. The van der Waals surface area contributed by atoms with Crippen LogP contribution in [0.2, 0.25) is 0 Å². The number of Topliss-reactive ketones (excluding diaryl/α,β-unsaturated/α-hetero) is 1. The summed E-state index contributed by atoms with van der Waals surface area (Å²) >= 11 is 0. The molecule has 5 heteroatoms. The van der Waals surface area contributed by atoms with Gasteiger partial charge in [-0.25, -0.2) is 9.07 Å². The topological polar surface area (TPSA) is 55.1 Å². The lowest BCUT2D eigenvalue weighted by Crippen LogP contribution is -2.43. The molecule has 0 bridgehead atoms. The number of aliphatic hydroxyl groups is 1. The number of hydrogen-bond donors (Lipinski definition) is 1. The number of aromatic nitrogens is 2. The molecule has 3 atom stereocenters. The fourth-order valence-corrected chi connectivity index (χ4v) is 6.24. The van der Waals surface area contributed by atoms with Crippen molar-refractivity contribution in [1.82, 2.24) is 9.78 Å². The van der Waals surface area contributed by atoms with Crippen LogP contribution >= 0.6 is 0 Å². The zero-order chi connectivity index (χ0) is 22.1. The number of rotatable bonds is 5. The molecule has 0 radical (unpaired) electrons. The van der Waals surface area contributed by atoms with Crippen molar-refractivity contribution in [2.24, 2.45) is 11.3 Å². The summed E-state index contributed by atoms with van der Waals surface area (Å²) in [6.45, 7) is 1.61. The van der Waals surface area contributed by atoms with Gasteiger partial charge in [-0.15, -0.1) is 0 Å². The van der Waals surface area contributed by atoms with Crippen molar-refractivity contribution < 1.29 is 14.3 Å². The minimum absolute atomic E-state index is 0.0895. The molecule has 4 nitrogen and oxygen atoms in total. The third kappa shape index (κ3) is 2.70. The molecule has 2 aromatic carbocycles. The van der Waals surface area contributed by atoms with E-state index in [1.54, 1.807) is 19.1 Å². The number of ketones is 1. The molecule has 0 aliphatic heterocycles. The third-order valence-electron chi connectivity index (χ3n) is 8.00. The highest BCUT2D eigenvalue weighted by Gasteiger charge is 2.72. The van der Waals surface area contributed by atoms with Gasteiger partial charge in [0, 0.05) is 23.0 Å². The molecule has 1 aromatic heterocycles. The van der Waals surface area contributed by atoms with E-state index in [0.29, 0.717) is 12.3 Å². The molecule has 1 N–H and O–H groups in total. The average Bonchev–Trinajstić information content (AvgIpc) is 3.27. The van der Waals surface area contributed by atoms with Gasteiger partial charge in [0.15, 0.2) is 5.78 Å². The standard InChI is InChI=1S/C27H25FN2O2/c1-17(31)24-5-3-2-4-18(24)10-11-26-15-21(26)12-20-13-25-19(14-27(20,26)32)16-29-30(25)23-8-6-22(28)7-9-23/h2-9,13,16,21,32H,10-12,14-15H2,1H3. The van der Waals surface area contributed by atoms with Crippen LogP contribution in [0.3, 0.4) is 0 Å². The fraction of sp³-hybridized carbons (Fsp3) is 0.333. The van der Waals surface area contributed by atoms with Gasteiger partial charge >= 0.3 is 0 Å². The Kier molecular flexibility index (Phi) is 4.12. The first-order chi connectivity index (χ1) is 15.4. The van der Waals surface area contributed by atoms with E-state index in [-0.39, 0.29) is 17.0 Å². The van der Waals surface area contributed by atoms with Gasteiger partial charge in [0.25, 0.3) is 0 Å². The smallest absolute Gasteiger partial charge is 0.160 e. The molecule has 2 saturated carbocycles. The Labute approximate surface area is 186 Å². The summed E-state index contributed by atoms with van der Waals surface area (Å²) in [7, 11) is 0. The van der Waals surface area contributed by atoms with Crippen molar-refractivity contribution in [3.63, 3.8) is 0 Å². The number of fused-ring (bicyclic) bond motifs is 4. The monoisotopic (exact) mass is 428 g/mol. The molecule has 0 saturated heterocycles. The highest BCUT2D eigenvalue weighted by molar-refractivity contribution is 5.95. The first-order valence-electron chi connectivity index (χ1n) is 11.3. The Hall–Kier alpha value is -3.05. The van der Waals surface area contributed by atoms with E-state index in [9.17, 15) is 14.3 Å². The van der Waals surface area contributed by atoms with Crippen LogP contribution in [0.15, 0.2) is 60.3 Å². The van der Waals surface area contributed by atoms with Crippen molar-refractivity contribution in [3.05, 3.63) is 88.5 Å². The first kappa shape index (κ1) is 19.6. The van der Waals surface area contributed by atoms with Crippen molar-refractivity contribution in [1.29, 1.82) is 0 Å². The van der Waals surface area contributed by atoms with E-state index >= 15 is 0 Å². The molecule has 6 rings (SSSR count). The predicted octanol–water partition coefficient (Wildman–Crippen LogP) is 4.93. The van der Waals surface area contributed by atoms with Gasteiger partial charge in [0.05, 0.1) is 23.2 Å². The number of carbonyl (C=O) groups is 1. The van der Waals surface area contributed by atoms with Crippen molar-refractivity contribution in [3.8, 4) is 5.69 Å². The van der Waals surface area contributed by atoms with E-state index in [1.807, 2.05) is 35.1 Å². The molecule has 162 valence electrons. The van der Waals surface area contributed by atoms with Gasteiger partial charge in [-0.3, -0.25) is 4.79 Å². The number of halogens is 1. The Morgan fingerprint density at radius 1 is 1.22 bits per heavy atom. The third-order valence-corrected chi connectivity index (χ3v) is 8.00.